The number of aryl methyl sites for hydroxylation is 1. The summed E-state index contributed by atoms with van der Waals surface area (Å²) in [6.45, 7) is 1.80. The maximum Gasteiger partial charge on any atom is 0.343 e. The third-order valence-corrected chi connectivity index (χ3v) is 4.11. The predicted molar refractivity (Wildman–Crippen MR) is 104 cm³/mol. The molecule has 3 aromatic rings. The van der Waals surface area contributed by atoms with Crippen LogP contribution in [-0.2, 0) is 0 Å². The van der Waals surface area contributed by atoms with Gasteiger partial charge in [-0.15, -0.1) is 0 Å². The summed E-state index contributed by atoms with van der Waals surface area (Å²) in [5.41, 5.74) is 1.50. The highest BCUT2D eigenvalue weighted by atomic mass is 35.5. The molecule has 0 aliphatic carbocycles. The first-order valence-electron chi connectivity index (χ1n) is 7.98. The molecule has 0 unspecified atom stereocenters. The first-order chi connectivity index (χ1) is 12.9. The number of hydrogen-bond acceptors (Lipinski definition) is 4. The van der Waals surface area contributed by atoms with E-state index in [4.69, 9.17) is 32.7 Å². The van der Waals surface area contributed by atoms with Gasteiger partial charge < -0.3 is 9.47 Å². The van der Waals surface area contributed by atoms with Crippen LogP contribution in [0.2, 0.25) is 10.0 Å². The molecule has 6 heteroatoms. The minimum atomic E-state index is -0.535. The summed E-state index contributed by atoms with van der Waals surface area (Å²) in [5, 5.41) is 1.05. The van der Waals surface area contributed by atoms with Crippen molar-refractivity contribution < 1.29 is 19.1 Å². The van der Waals surface area contributed by atoms with Crippen LogP contribution in [0.3, 0.4) is 0 Å². The molecule has 0 aliphatic rings. The van der Waals surface area contributed by atoms with E-state index in [0.717, 1.165) is 5.56 Å². The Balaban J connectivity index is 1.75. The van der Waals surface area contributed by atoms with Gasteiger partial charge in [0, 0.05) is 16.1 Å². The fourth-order valence-electron chi connectivity index (χ4n) is 2.34. The van der Waals surface area contributed by atoms with Crippen molar-refractivity contribution in [3.05, 3.63) is 93.5 Å². The van der Waals surface area contributed by atoms with Crippen LogP contribution >= 0.6 is 23.2 Å². The molecule has 0 heterocycles. The second-order valence-corrected chi connectivity index (χ2v) is 6.65. The van der Waals surface area contributed by atoms with Crippen molar-refractivity contribution in [1.29, 1.82) is 0 Å². The van der Waals surface area contributed by atoms with E-state index in [1.54, 1.807) is 67.6 Å². The Bertz CT molecular complexity index is 902. The third kappa shape index (κ3) is 5.09. The molecule has 136 valence electrons. The molecule has 0 saturated heterocycles. The molecule has 0 aliphatic heterocycles. The molecule has 27 heavy (non-hydrogen) atoms. The van der Waals surface area contributed by atoms with Crippen molar-refractivity contribution in [2.45, 2.75) is 6.92 Å². The number of carbonyl (C=O) groups is 2. The lowest BCUT2D eigenvalue weighted by molar-refractivity contribution is 0.0733. The van der Waals surface area contributed by atoms with E-state index in [-0.39, 0.29) is 11.5 Å². The summed E-state index contributed by atoms with van der Waals surface area (Å²) in [7, 11) is 0. The monoisotopic (exact) mass is 400 g/mol. The van der Waals surface area contributed by atoms with E-state index in [2.05, 4.69) is 0 Å². The van der Waals surface area contributed by atoms with Gasteiger partial charge in [-0.3, -0.25) is 0 Å². The summed E-state index contributed by atoms with van der Waals surface area (Å²) in [5.74, 6) is -0.526. The Morgan fingerprint density at radius 1 is 0.667 bits per heavy atom. The Labute approximate surface area is 166 Å². The number of ether oxygens (including phenoxy) is 2. The quantitative estimate of drug-likeness (QED) is 0.413. The van der Waals surface area contributed by atoms with E-state index < -0.39 is 11.9 Å². The third-order valence-electron chi connectivity index (χ3n) is 3.61. The van der Waals surface area contributed by atoms with E-state index in [9.17, 15) is 9.59 Å². The molecule has 0 bridgehead atoms. The molecule has 0 atom stereocenters. The zero-order valence-electron chi connectivity index (χ0n) is 14.2. The first-order valence-corrected chi connectivity index (χ1v) is 8.73. The molecule has 4 nitrogen and oxygen atoms in total. The zero-order valence-corrected chi connectivity index (χ0v) is 15.8. The summed E-state index contributed by atoms with van der Waals surface area (Å²) >= 11 is 11.6. The van der Waals surface area contributed by atoms with Gasteiger partial charge in [-0.2, -0.15) is 0 Å². The van der Waals surface area contributed by atoms with Gasteiger partial charge in [0.05, 0.1) is 11.1 Å². The number of esters is 2. The second-order valence-electron chi connectivity index (χ2n) is 5.77. The lowest BCUT2D eigenvalue weighted by Gasteiger charge is -2.09. The van der Waals surface area contributed by atoms with Crippen molar-refractivity contribution in [2.75, 3.05) is 0 Å². The van der Waals surface area contributed by atoms with Crippen LogP contribution in [0.5, 0.6) is 11.5 Å². The highest BCUT2D eigenvalue weighted by Crippen LogP contribution is 2.25. The van der Waals surface area contributed by atoms with Gasteiger partial charge in [0.15, 0.2) is 0 Å². The van der Waals surface area contributed by atoms with Crippen LogP contribution in [0, 0.1) is 6.92 Å². The Kier molecular flexibility index (Phi) is 5.79. The second kappa shape index (κ2) is 8.25. The Hall–Kier alpha value is -2.82. The SMILES string of the molecule is Cc1cc(OC(=O)c2ccc(Cl)cc2)cc(OC(=O)c2ccc(Cl)cc2)c1. The fourth-order valence-corrected chi connectivity index (χ4v) is 2.59. The summed E-state index contributed by atoms with van der Waals surface area (Å²) < 4.78 is 10.7. The minimum Gasteiger partial charge on any atom is -0.423 e. The van der Waals surface area contributed by atoms with Crippen LogP contribution in [0.15, 0.2) is 66.7 Å². The lowest BCUT2D eigenvalue weighted by Crippen LogP contribution is -2.10. The van der Waals surface area contributed by atoms with Gasteiger partial charge in [-0.05, 0) is 73.2 Å². The molecule has 3 aromatic carbocycles. The van der Waals surface area contributed by atoms with E-state index in [1.807, 2.05) is 0 Å². The van der Waals surface area contributed by atoms with Gasteiger partial charge >= 0.3 is 11.9 Å². The molecular formula is C21H14Cl2O4. The van der Waals surface area contributed by atoms with Crippen molar-refractivity contribution >= 4 is 35.1 Å². The smallest absolute Gasteiger partial charge is 0.343 e. The van der Waals surface area contributed by atoms with Crippen molar-refractivity contribution in [2.24, 2.45) is 0 Å². The maximum atomic E-state index is 12.2. The number of benzene rings is 3. The molecule has 0 fully saturated rings. The number of hydrogen-bond donors (Lipinski definition) is 0. The highest BCUT2D eigenvalue weighted by molar-refractivity contribution is 6.31. The molecule has 0 N–H and O–H groups in total. The van der Waals surface area contributed by atoms with Crippen LogP contribution in [0.25, 0.3) is 0 Å². The molecule has 0 spiro atoms. The summed E-state index contributed by atoms with van der Waals surface area (Å²) in [4.78, 5) is 24.5. The van der Waals surface area contributed by atoms with Gasteiger partial charge in [0.1, 0.15) is 11.5 Å². The maximum absolute atomic E-state index is 12.2. The summed E-state index contributed by atoms with van der Waals surface area (Å²) in [6.07, 6.45) is 0. The fraction of sp³-hybridized carbons (Fsp3) is 0.0476. The van der Waals surface area contributed by atoms with Gasteiger partial charge in [0.25, 0.3) is 0 Å². The molecule has 0 saturated carbocycles. The zero-order chi connectivity index (χ0) is 19.4. The molecular weight excluding hydrogens is 387 g/mol. The van der Waals surface area contributed by atoms with E-state index in [0.29, 0.717) is 21.2 Å². The number of halogens is 2. The lowest BCUT2D eigenvalue weighted by atomic mass is 10.2. The van der Waals surface area contributed by atoms with Crippen LogP contribution in [0.4, 0.5) is 0 Å². The Morgan fingerprint density at radius 2 is 1.04 bits per heavy atom. The number of rotatable bonds is 4. The van der Waals surface area contributed by atoms with Gasteiger partial charge in [-0.1, -0.05) is 23.2 Å². The standard InChI is InChI=1S/C21H14Cl2O4/c1-13-10-18(26-20(24)14-2-6-16(22)7-3-14)12-19(11-13)27-21(25)15-4-8-17(23)9-5-15/h2-12H,1H3. The van der Waals surface area contributed by atoms with Gasteiger partial charge in [0.2, 0.25) is 0 Å². The van der Waals surface area contributed by atoms with Crippen LogP contribution in [-0.4, -0.2) is 11.9 Å². The van der Waals surface area contributed by atoms with Gasteiger partial charge in [-0.25, -0.2) is 9.59 Å². The highest BCUT2D eigenvalue weighted by Gasteiger charge is 2.13. The van der Waals surface area contributed by atoms with Crippen molar-refractivity contribution in [3.8, 4) is 11.5 Å². The number of carbonyl (C=O) groups excluding carboxylic acids is 2. The van der Waals surface area contributed by atoms with Crippen molar-refractivity contribution in [3.63, 3.8) is 0 Å². The Morgan fingerprint density at radius 3 is 1.41 bits per heavy atom. The molecule has 0 radical (unpaired) electrons. The average molecular weight is 401 g/mol. The van der Waals surface area contributed by atoms with Crippen LogP contribution in [0.1, 0.15) is 26.3 Å². The van der Waals surface area contributed by atoms with E-state index in [1.165, 1.54) is 6.07 Å². The first kappa shape index (κ1) is 19.0. The largest absolute Gasteiger partial charge is 0.423 e. The average Bonchev–Trinajstić information content (AvgIpc) is 2.62. The van der Waals surface area contributed by atoms with Crippen LogP contribution < -0.4 is 9.47 Å². The predicted octanol–water partition coefficient (Wildman–Crippen LogP) is 5.74. The normalized spacial score (nSPS) is 10.3. The summed E-state index contributed by atoms with van der Waals surface area (Å²) in [6, 6.07) is 17.5. The molecule has 3 rings (SSSR count). The molecule has 0 amide bonds. The minimum absolute atomic E-state index is 0.272. The topological polar surface area (TPSA) is 52.6 Å². The molecule has 0 aromatic heterocycles. The van der Waals surface area contributed by atoms with E-state index >= 15 is 0 Å². The van der Waals surface area contributed by atoms with Crippen molar-refractivity contribution in [1.82, 2.24) is 0 Å².